The maximum Gasteiger partial charge on any atom is 0.161 e. The Morgan fingerprint density at radius 3 is 2.53 bits per heavy atom. The van der Waals surface area contributed by atoms with Gasteiger partial charge in [-0.1, -0.05) is 6.07 Å². The van der Waals surface area contributed by atoms with E-state index in [4.69, 9.17) is 21.6 Å². The highest BCUT2D eigenvalue weighted by Gasteiger charge is 2.09. The largest absolute Gasteiger partial charge is 0.493 e. The van der Waals surface area contributed by atoms with E-state index < -0.39 is 0 Å². The molecule has 1 atom stereocenters. The van der Waals surface area contributed by atoms with E-state index >= 15 is 0 Å². The zero-order valence-corrected chi connectivity index (χ0v) is 8.99. The van der Waals surface area contributed by atoms with Crippen molar-refractivity contribution in [2.75, 3.05) is 14.2 Å². The molecule has 1 rings (SSSR count). The second kappa shape index (κ2) is 5.28. The number of nitrogens with two attached hydrogens (primary N) is 1. The molecule has 1 unspecified atom stereocenters. The van der Waals surface area contributed by atoms with Gasteiger partial charge in [-0.05, 0) is 17.7 Å². The Balaban J connectivity index is 2.98. The molecule has 80 valence electrons. The number of ether oxygens (including phenoxy) is 2. The van der Waals surface area contributed by atoms with Crippen molar-refractivity contribution in [3.05, 3.63) is 23.8 Å². The fraction of sp³-hybridized carbons (Fsp3) is 0.333. The van der Waals surface area contributed by atoms with Crippen molar-refractivity contribution in [2.45, 2.75) is 12.5 Å². The molecule has 1 aromatic carbocycles. The maximum absolute atomic E-state index is 5.88. The first-order valence-corrected chi connectivity index (χ1v) is 4.64. The molecule has 0 bridgehead atoms. The smallest absolute Gasteiger partial charge is 0.161 e. The van der Waals surface area contributed by atoms with Crippen molar-refractivity contribution in [1.29, 1.82) is 0 Å². The van der Waals surface area contributed by atoms with Crippen LogP contribution < -0.4 is 15.2 Å². The third kappa shape index (κ3) is 2.64. The van der Waals surface area contributed by atoms with E-state index in [9.17, 15) is 0 Å². The molecule has 2 N–H and O–H groups in total. The highest BCUT2D eigenvalue weighted by Crippen LogP contribution is 2.29. The van der Waals surface area contributed by atoms with Crippen LogP contribution >= 0.6 is 0 Å². The molecule has 3 heteroatoms. The summed E-state index contributed by atoms with van der Waals surface area (Å²) in [5.74, 6) is 3.89. The summed E-state index contributed by atoms with van der Waals surface area (Å²) in [7, 11) is 3.19. The zero-order valence-electron chi connectivity index (χ0n) is 8.99. The van der Waals surface area contributed by atoms with Crippen molar-refractivity contribution in [1.82, 2.24) is 0 Å². The van der Waals surface area contributed by atoms with Crippen LogP contribution in [-0.4, -0.2) is 14.2 Å². The van der Waals surface area contributed by atoms with Gasteiger partial charge in [0.2, 0.25) is 0 Å². The normalized spacial score (nSPS) is 11.6. The van der Waals surface area contributed by atoms with Crippen LogP contribution in [0.1, 0.15) is 18.0 Å². The van der Waals surface area contributed by atoms with Crippen LogP contribution in [0.15, 0.2) is 18.2 Å². The molecule has 0 saturated heterocycles. The van der Waals surface area contributed by atoms with E-state index in [-0.39, 0.29) is 6.04 Å². The number of benzene rings is 1. The summed E-state index contributed by atoms with van der Waals surface area (Å²) in [6, 6.07) is 5.41. The van der Waals surface area contributed by atoms with Crippen LogP contribution in [0.2, 0.25) is 0 Å². The molecular weight excluding hydrogens is 190 g/mol. The predicted molar refractivity (Wildman–Crippen MR) is 59.9 cm³/mol. The second-order valence-corrected chi connectivity index (χ2v) is 3.13. The summed E-state index contributed by atoms with van der Waals surface area (Å²) in [6.45, 7) is 0. The van der Waals surface area contributed by atoms with E-state index in [1.165, 1.54) is 0 Å². The first-order valence-electron chi connectivity index (χ1n) is 4.64. The third-order valence-electron chi connectivity index (χ3n) is 2.17. The number of hydrogen-bond donors (Lipinski definition) is 1. The molecule has 0 fully saturated rings. The predicted octanol–water partition coefficient (Wildman–Crippen LogP) is 1.73. The van der Waals surface area contributed by atoms with Gasteiger partial charge in [0.15, 0.2) is 11.5 Å². The minimum Gasteiger partial charge on any atom is -0.493 e. The second-order valence-electron chi connectivity index (χ2n) is 3.13. The van der Waals surface area contributed by atoms with Gasteiger partial charge in [-0.3, -0.25) is 0 Å². The van der Waals surface area contributed by atoms with Crippen molar-refractivity contribution < 1.29 is 9.47 Å². The average molecular weight is 205 g/mol. The van der Waals surface area contributed by atoms with Crippen LogP contribution in [0, 0.1) is 12.3 Å². The number of hydrogen-bond acceptors (Lipinski definition) is 3. The Hall–Kier alpha value is -1.66. The fourth-order valence-electron chi connectivity index (χ4n) is 1.33. The SMILES string of the molecule is C#CCC(N)c1ccc(OC)c(OC)c1. The summed E-state index contributed by atoms with van der Waals surface area (Å²) in [4.78, 5) is 0. The minimum atomic E-state index is -0.158. The van der Waals surface area contributed by atoms with Crippen LogP contribution in [0.25, 0.3) is 0 Å². The van der Waals surface area contributed by atoms with E-state index in [0.717, 1.165) is 5.56 Å². The lowest BCUT2D eigenvalue weighted by molar-refractivity contribution is 0.354. The molecule has 0 radical (unpaired) electrons. The van der Waals surface area contributed by atoms with E-state index in [2.05, 4.69) is 5.92 Å². The lowest BCUT2D eigenvalue weighted by Gasteiger charge is -2.12. The lowest BCUT2D eigenvalue weighted by atomic mass is 10.0. The van der Waals surface area contributed by atoms with Gasteiger partial charge in [-0.25, -0.2) is 0 Å². The van der Waals surface area contributed by atoms with Crippen LogP contribution in [0.4, 0.5) is 0 Å². The van der Waals surface area contributed by atoms with Gasteiger partial charge >= 0.3 is 0 Å². The van der Waals surface area contributed by atoms with Crippen LogP contribution in [0.5, 0.6) is 11.5 Å². The number of methoxy groups -OCH3 is 2. The lowest BCUT2D eigenvalue weighted by Crippen LogP contribution is -2.09. The van der Waals surface area contributed by atoms with E-state index in [1.807, 2.05) is 18.2 Å². The summed E-state index contributed by atoms with van der Waals surface area (Å²) in [5.41, 5.74) is 6.83. The Labute approximate surface area is 90.2 Å². The van der Waals surface area contributed by atoms with Gasteiger partial charge in [0.25, 0.3) is 0 Å². The fourth-order valence-corrected chi connectivity index (χ4v) is 1.33. The molecule has 0 aliphatic heterocycles. The van der Waals surface area contributed by atoms with Crippen molar-refractivity contribution >= 4 is 0 Å². The summed E-state index contributed by atoms with van der Waals surface area (Å²) >= 11 is 0. The molecule has 0 spiro atoms. The Morgan fingerprint density at radius 2 is 2.00 bits per heavy atom. The van der Waals surface area contributed by atoms with Crippen molar-refractivity contribution in [3.63, 3.8) is 0 Å². The molecule has 0 saturated carbocycles. The van der Waals surface area contributed by atoms with E-state index in [1.54, 1.807) is 14.2 Å². The molecule has 0 amide bonds. The van der Waals surface area contributed by atoms with Gasteiger partial charge in [-0.15, -0.1) is 12.3 Å². The molecule has 0 aromatic heterocycles. The van der Waals surface area contributed by atoms with Gasteiger partial charge in [0.05, 0.1) is 14.2 Å². The first-order chi connectivity index (χ1) is 7.22. The molecular formula is C12H15NO2. The summed E-state index contributed by atoms with van der Waals surface area (Å²) in [5, 5.41) is 0. The average Bonchev–Trinajstić information content (AvgIpc) is 2.28. The van der Waals surface area contributed by atoms with Gasteiger partial charge in [-0.2, -0.15) is 0 Å². The third-order valence-corrected chi connectivity index (χ3v) is 2.17. The molecule has 0 aliphatic rings. The Bertz CT molecular complexity index is 368. The Kier molecular flexibility index (Phi) is 4.02. The first kappa shape index (κ1) is 11.4. The molecule has 0 aliphatic carbocycles. The highest BCUT2D eigenvalue weighted by atomic mass is 16.5. The molecule has 15 heavy (non-hydrogen) atoms. The monoisotopic (exact) mass is 205 g/mol. The molecule has 3 nitrogen and oxygen atoms in total. The standard InChI is InChI=1S/C12H15NO2/c1-4-5-10(13)9-6-7-11(14-2)12(8-9)15-3/h1,6-8,10H,5,13H2,2-3H3. The number of rotatable bonds is 4. The van der Waals surface area contributed by atoms with Crippen molar-refractivity contribution in [3.8, 4) is 23.8 Å². The zero-order chi connectivity index (χ0) is 11.3. The summed E-state index contributed by atoms with van der Waals surface area (Å²) in [6.07, 6.45) is 5.72. The van der Waals surface area contributed by atoms with Crippen LogP contribution in [-0.2, 0) is 0 Å². The Morgan fingerprint density at radius 1 is 1.33 bits per heavy atom. The number of terminal acetylenes is 1. The van der Waals surface area contributed by atoms with Gasteiger partial charge in [0, 0.05) is 12.5 Å². The topological polar surface area (TPSA) is 44.5 Å². The quantitative estimate of drug-likeness (QED) is 0.761. The minimum absolute atomic E-state index is 0.158. The summed E-state index contributed by atoms with van der Waals surface area (Å²) < 4.78 is 10.3. The van der Waals surface area contributed by atoms with Gasteiger partial charge in [0.1, 0.15) is 0 Å². The molecule has 0 heterocycles. The van der Waals surface area contributed by atoms with Crippen LogP contribution in [0.3, 0.4) is 0 Å². The van der Waals surface area contributed by atoms with Gasteiger partial charge < -0.3 is 15.2 Å². The maximum atomic E-state index is 5.88. The highest BCUT2D eigenvalue weighted by molar-refractivity contribution is 5.43. The molecule has 1 aromatic rings. The van der Waals surface area contributed by atoms with Crippen molar-refractivity contribution in [2.24, 2.45) is 5.73 Å². The van der Waals surface area contributed by atoms with E-state index in [0.29, 0.717) is 17.9 Å².